The highest BCUT2D eigenvalue weighted by Gasteiger charge is 2.28. The number of hydrogen-bond donors (Lipinski definition) is 4. The molecule has 0 aromatic heterocycles. The van der Waals surface area contributed by atoms with Crippen molar-refractivity contribution in [1.29, 1.82) is 0 Å². The van der Waals surface area contributed by atoms with Crippen molar-refractivity contribution in [2.75, 3.05) is 24.8 Å². The number of methoxy groups -OCH3 is 1. The lowest BCUT2D eigenvalue weighted by Gasteiger charge is -2.30. The Hall–Kier alpha value is -3.57. The Kier molecular flexibility index (Phi) is 10.1. The molecule has 1 heterocycles. The van der Waals surface area contributed by atoms with Crippen LogP contribution >= 0.6 is 11.8 Å². The SMILES string of the molecule is CCOC(=O)c1ccccc1NC(=O)CSC1NC(=O)CC(CC(=O)NCc2cccc(OC)c2)N1. The number of para-hydroxylation sites is 1. The number of esters is 1. The molecule has 0 spiro atoms. The topological polar surface area (TPSA) is 135 Å². The molecule has 0 radical (unpaired) electrons. The van der Waals surface area contributed by atoms with Crippen molar-refractivity contribution in [3.05, 3.63) is 59.7 Å². The van der Waals surface area contributed by atoms with Gasteiger partial charge in [-0.2, -0.15) is 0 Å². The van der Waals surface area contributed by atoms with Crippen molar-refractivity contribution in [3.63, 3.8) is 0 Å². The van der Waals surface area contributed by atoms with Gasteiger partial charge in [-0.15, -0.1) is 11.8 Å². The summed E-state index contributed by atoms with van der Waals surface area (Å²) >= 11 is 1.18. The first kappa shape index (κ1) is 27.0. The number of carbonyl (C=O) groups is 4. The lowest BCUT2D eigenvalue weighted by molar-refractivity contribution is -0.125. The van der Waals surface area contributed by atoms with E-state index in [0.717, 1.165) is 5.56 Å². The van der Waals surface area contributed by atoms with Gasteiger partial charge >= 0.3 is 5.97 Å². The summed E-state index contributed by atoms with van der Waals surface area (Å²) in [5.41, 5.74) is 0.990. The molecule has 2 aromatic rings. The van der Waals surface area contributed by atoms with Crippen LogP contribution in [0.15, 0.2) is 48.5 Å². The van der Waals surface area contributed by atoms with Crippen molar-refractivity contribution in [2.45, 2.75) is 37.8 Å². The minimum absolute atomic E-state index is 0.0177. The van der Waals surface area contributed by atoms with E-state index in [1.54, 1.807) is 38.3 Å². The smallest absolute Gasteiger partial charge is 0.340 e. The largest absolute Gasteiger partial charge is 0.497 e. The molecule has 192 valence electrons. The van der Waals surface area contributed by atoms with E-state index in [-0.39, 0.29) is 54.5 Å². The Morgan fingerprint density at radius 2 is 1.92 bits per heavy atom. The van der Waals surface area contributed by atoms with Gasteiger partial charge in [0.2, 0.25) is 17.7 Å². The number of thioether (sulfide) groups is 1. The third-order valence-corrected chi connectivity index (χ3v) is 6.26. The molecule has 0 bridgehead atoms. The Morgan fingerprint density at radius 1 is 1.11 bits per heavy atom. The zero-order valence-electron chi connectivity index (χ0n) is 20.2. The van der Waals surface area contributed by atoms with E-state index < -0.39 is 11.5 Å². The molecular formula is C25H30N4O6S. The van der Waals surface area contributed by atoms with Crippen molar-refractivity contribution >= 4 is 41.1 Å². The number of amides is 3. The van der Waals surface area contributed by atoms with Crippen molar-refractivity contribution < 1.29 is 28.7 Å². The molecule has 1 fully saturated rings. The van der Waals surface area contributed by atoms with Crippen molar-refractivity contribution in [3.8, 4) is 5.75 Å². The molecule has 36 heavy (non-hydrogen) atoms. The Morgan fingerprint density at radius 3 is 2.69 bits per heavy atom. The maximum atomic E-state index is 12.5. The average Bonchev–Trinajstić information content (AvgIpc) is 2.86. The molecule has 1 aliphatic heterocycles. The molecule has 3 rings (SSSR count). The van der Waals surface area contributed by atoms with Crippen LogP contribution in [0.2, 0.25) is 0 Å². The summed E-state index contributed by atoms with van der Waals surface area (Å²) < 4.78 is 10.2. The summed E-state index contributed by atoms with van der Waals surface area (Å²) in [5, 5.41) is 11.5. The van der Waals surface area contributed by atoms with Crippen LogP contribution in [0, 0.1) is 0 Å². The fourth-order valence-electron chi connectivity index (χ4n) is 3.57. The quantitative estimate of drug-likeness (QED) is 0.335. The van der Waals surface area contributed by atoms with Crippen molar-refractivity contribution in [1.82, 2.24) is 16.0 Å². The van der Waals surface area contributed by atoms with Crippen LogP contribution in [-0.4, -0.2) is 54.7 Å². The standard InChI is InChI=1S/C25H30N4O6S/c1-3-35-24(33)19-9-4-5-10-20(19)28-23(32)15-36-25-27-17(13-22(31)29-25)12-21(30)26-14-16-7-6-8-18(11-16)34-2/h4-11,17,25,27H,3,12-15H2,1-2H3,(H,26,30)(H,28,32)(H,29,31). The molecule has 0 aliphatic carbocycles. The number of anilines is 1. The first-order valence-corrected chi connectivity index (χ1v) is 12.6. The fourth-order valence-corrected chi connectivity index (χ4v) is 4.46. The predicted octanol–water partition coefficient (Wildman–Crippen LogP) is 2.01. The molecule has 1 saturated heterocycles. The van der Waals surface area contributed by atoms with Crippen LogP contribution in [0.4, 0.5) is 5.69 Å². The first-order valence-electron chi connectivity index (χ1n) is 11.5. The molecule has 2 atom stereocenters. The number of benzene rings is 2. The van der Waals surface area contributed by atoms with E-state index in [1.165, 1.54) is 11.8 Å². The molecule has 2 aromatic carbocycles. The highest BCUT2D eigenvalue weighted by atomic mass is 32.2. The molecule has 11 heteroatoms. The molecule has 1 aliphatic rings. The van der Waals surface area contributed by atoms with E-state index in [1.807, 2.05) is 24.3 Å². The number of carbonyl (C=O) groups excluding carboxylic acids is 4. The van der Waals surface area contributed by atoms with Gasteiger partial charge in [0.05, 0.1) is 30.7 Å². The fraction of sp³-hybridized carbons (Fsp3) is 0.360. The van der Waals surface area contributed by atoms with Gasteiger partial charge in [0, 0.05) is 25.4 Å². The summed E-state index contributed by atoms with van der Waals surface area (Å²) in [6.07, 6.45) is 0.274. The van der Waals surface area contributed by atoms with Crippen LogP contribution in [-0.2, 0) is 25.7 Å². The van der Waals surface area contributed by atoms with Gasteiger partial charge < -0.3 is 25.4 Å². The van der Waals surface area contributed by atoms with Gasteiger partial charge in [-0.05, 0) is 36.8 Å². The lowest BCUT2D eigenvalue weighted by atomic mass is 10.1. The third-order valence-electron chi connectivity index (χ3n) is 5.24. The second-order valence-electron chi connectivity index (χ2n) is 7.97. The van der Waals surface area contributed by atoms with Crippen molar-refractivity contribution in [2.24, 2.45) is 0 Å². The van der Waals surface area contributed by atoms with E-state index in [2.05, 4.69) is 21.3 Å². The Balaban J connectivity index is 1.46. The predicted molar refractivity (Wildman–Crippen MR) is 136 cm³/mol. The van der Waals surface area contributed by atoms with Gasteiger partial charge in [0.25, 0.3) is 0 Å². The lowest BCUT2D eigenvalue weighted by Crippen LogP contribution is -2.56. The average molecular weight is 515 g/mol. The molecule has 0 saturated carbocycles. The number of hydrogen-bond acceptors (Lipinski definition) is 8. The zero-order valence-corrected chi connectivity index (χ0v) is 21.0. The molecule has 10 nitrogen and oxygen atoms in total. The highest BCUT2D eigenvalue weighted by molar-refractivity contribution is 8.00. The summed E-state index contributed by atoms with van der Waals surface area (Å²) in [4.78, 5) is 49.2. The summed E-state index contributed by atoms with van der Waals surface area (Å²) in [5.74, 6) is -0.530. The molecule has 3 amide bonds. The zero-order chi connectivity index (χ0) is 25.9. The maximum absolute atomic E-state index is 12.5. The summed E-state index contributed by atoms with van der Waals surface area (Å²) in [6.45, 7) is 2.28. The van der Waals surface area contributed by atoms with Gasteiger partial charge in [-0.25, -0.2) is 4.79 Å². The minimum Gasteiger partial charge on any atom is -0.497 e. The van der Waals surface area contributed by atoms with E-state index in [0.29, 0.717) is 18.0 Å². The van der Waals surface area contributed by atoms with Gasteiger partial charge in [-0.1, -0.05) is 24.3 Å². The molecule has 4 N–H and O–H groups in total. The van der Waals surface area contributed by atoms with Gasteiger partial charge in [0.1, 0.15) is 11.2 Å². The van der Waals surface area contributed by atoms with Crippen LogP contribution in [0.25, 0.3) is 0 Å². The number of rotatable bonds is 11. The van der Waals surface area contributed by atoms with Crippen LogP contribution in [0.3, 0.4) is 0 Å². The Labute approximate surface area is 213 Å². The highest BCUT2D eigenvalue weighted by Crippen LogP contribution is 2.19. The maximum Gasteiger partial charge on any atom is 0.340 e. The van der Waals surface area contributed by atoms with E-state index >= 15 is 0 Å². The Bertz CT molecular complexity index is 1100. The van der Waals surface area contributed by atoms with E-state index in [9.17, 15) is 19.2 Å². The minimum atomic E-state index is -0.534. The van der Waals surface area contributed by atoms with Crippen LogP contribution in [0.5, 0.6) is 5.75 Å². The second-order valence-corrected chi connectivity index (χ2v) is 9.07. The van der Waals surface area contributed by atoms with Gasteiger partial charge in [0.15, 0.2) is 0 Å². The summed E-state index contributed by atoms with van der Waals surface area (Å²) in [6, 6.07) is 13.6. The first-order chi connectivity index (χ1) is 17.4. The number of nitrogens with one attached hydrogen (secondary N) is 4. The van der Waals surface area contributed by atoms with E-state index in [4.69, 9.17) is 9.47 Å². The summed E-state index contributed by atoms with van der Waals surface area (Å²) in [7, 11) is 1.58. The van der Waals surface area contributed by atoms with Crippen LogP contribution < -0.4 is 26.0 Å². The molecule has 2 unspecified atom stereocenters. The third kappa shape index (κ3) is 8.28. The number of ether oxygens (including phenoxy) is 2. The van der Waals surface area contributed by atoms with Gasteiger partial charge in [-0.3, -0.25) is 19.7 Å². The normalized spacial score (nSPS) is 17.0. The molecular weight excluding hydrogens is 484 g/mol. The second kappa shape index (κ2) is 13.5. The van der Waals surface area contributed by atoms with Crippen LogP contribution in [0.1, 0.15) is 35.7 Å². The monoisotopic (exact) mass is 514 g/mol.